The Kier molecular flexibility index (Phi) is 3.86. The molecule has 7 heteroatoms. The van der Waals surface area contributed by atoms with E-state index in [1.165, 1.54) is 13.2 Å². The minimum Gasteiger partial charge on any atom is -0.465 e. The van der Waals surface area contributed by atoms with E-state index in [2.05, 4.69) is 5.32 Å². The van der Waals surface area contributed by atoms with Gasteiger partial charge in [0.1, 0.15) is 6.54 Å². The minimum absolute atomic E-state index is 0.106. The Morgan fingerprint density at radius 3 is 2.35 bits per heavy atom. The Labute approximate surface area is 150 Å². The second-order valence-corrected chi connectivity index (χ2v) is 6.85. The SMILES string of the molecule is COC(=O)c1ccccc1NC(=O)CN1C(=O)[C@H]2[C@H](C1=O)[C@H]1C=C[C@H]2C1. The summed E-state index contributed by atoms with van der Waals surface area (Å²) in [6.07, 6.45) is 4.86. The van der Waals surface area contributed by atoms with Crippen LogP contribution < -0.4 is 5.32 Å². The minimum atomic E-state index is -0.577. The van der Waals surface area contributed by atoms with Crippen molar-refractivity contribution >= 4 is 29.4 Å². The van der Waals surface area contributed by atoms with Gasteiger partial charge in [0, 0.05) is 0 Å². The standard InChI is InChI=1S/C19H18N2O5/c1-26-19(25)12-4-2-3-5-13(12)20-14(22)9-21-17(23)15-10-6-7-11(8-10)16(15)18(21)24/h2-7,10-11,15-16H,8-9H2,1H3,(H,20,22)/t10-,11-,15+,16+/m0/s1. The number of esters is 1. The van der Waals surface area contributed by atoms with Gasteiger partial charge in [0.15, 0.2) is 0 Å². The van der Waals surface area contributed by atoms with Crippen LogP contribution in [0.15, 0.2) is 36.4 Å². The number of imide groups is 1. The van der Waals surface area contributed by atoms with Gasteiger partial charge in [-0.3, -0.25) is 19.3 Å². The molecule has 3 amide bonds. The molecule has 2 fully saturated rings. The number of carbonyl (C=O) groups is 4. The number of rotatable bonds is 4. The highest BCUT2D eigenvalue weighted by Crippen LogP contribution is 2.52. The molecule has 0 radical (unpaired) electrons. The van der Waals surface area contributed by atoms with Gasteiger partial charge in [0.05, 0.1) is 30.2 Å². The van der Waals surface area contributed by atoms with Gasteiger partial charge in [-0.1, -0.05) is 24.3 Å². The van der Waals surface area contributed by atoms with Gasteiger partial charge in [0.2, 0.25) is 17.7 Å². The summed E-state index contributed by atoms with van der Waals surface area (Å²) < 4.78 is 4.69. The molecule has 3 aliphatic rings. The van der Waals surface area contributed by atoms with Crippen molar-refractivity contribution in [3.63, 3.8) is 0 Å². The van der Waals surface area contributed by atoms with E-state index in [9.17, 15) is 19.2 Å². The number of allylic oxidation sites excluding steroid dienone is 2. The molecule has 4 rings (SSSR count). The zero-order valence-corrected chi connectivity index (χ0v) is 14.2. The van der Waals surface area contributed by atoms with Gasteiger partial charge in [-0.2, -0.15) is 0 Å². The third kappa shape index (κ3) is 2.42. The van der Waals surface area contributed by atoms with Crippen molar-refractivity contribution in [3.05, 3.63) is 42.0 Å². The number of anilines is 1. The van der Waals surface area contributed by atoms with Gasteiger partial charge < -0.3 is 10.1 Å². The fourth-order valence-corrected chi connectivity index (χ4v) is 4.33. The number of hydrogen-bond donors (Lipinski definition) is 1. The summed E-state index contributed by atoms with van der Waals surface area (Å²) >= 11 is 0. The Hall–Kier alpha value is -2.96. The van der Waals surface area contributed by atoms with Gasteiger partial charge in [-0.05, 0) is 30.4 Å². The molecule has 1 saturated heterocycles. The van der Waals surface area contributed by atoms with Crippen molar-refractivity contribution in [2.24, 2.45) is 23.7 Å². The number of para-hydroxylation sites is 1. The van der Waals surface area contributed by atoms with Gasteiger partial charge in [-0.25, -0.2) is 4.79 Å². The Morgan fingerprint density at radius 1 is 1.12 bits per heavy atom. The second-order valence-electron chi connectivity index (χ2n) is 6.85. The average Bonchev–Trinajstić information content (AvgIpc) is 3.31. The maximum atomic E-state index is 12.6. The first-order valence-corrected chi connectivity index (χ1v) is 8.52. The maximum Gasteiger partial charge on any atom is 0.339 e. The smallest absolute Gasteiger partial charge is 0.339 e. The molecule has 1 N–H and O–H groups in total. The first-order chi connectivity index (χ1) is 12.5. The summed E-state index contributed by atoms with van der Waals surface area (Å²) in [5.74, 6) is -2.08. The topological polar surface area (TPSA) is 92.8 Å². The number of benzene rings is 1. The molecule has 0 spiro atoms. The fraction of sp³-hybridized carbons (Fsp3) is 0.368. The largest absolute Gasteiger partial charge is 0.465 e. The van der Waals surface area contributed by atoms with E-state index < -0.39 is 11.9 Å². The second kappa shape index (κ2) is 6.09. The molecule has 4 atom stereocenters. The lowest BCUT2D eigenvalue weighted by atomic mass is 9.85. The Morgan fingerprint density at radius 2 is 1.73 bits per heavy atom. The van der Waals surface area contributed by atoms with Crippen LogP contribution in [0.25, 0.3) is 0 Å². The molecule has 1 aliphatic heterocycles. The van der Waals surface area contributed by atoms with Crippen molar-refractivity contribution in [2.45, 2.75) is 6.42 Å². The summed E-state index contributed by atoms with van der Waals surface area (Å²) in [5, 5.41) is 2.60. The van der Waals surface area contributed by atoms with Crippen molar-refractivity contribution in [1.29, 1.82) is 0 Å². The third-order valence-corrected chi connectivity index (χ3v) is 5.47. The van der Waals surface area contributed by atoms with Crippen LogP contribution in [0, 0.1) is 23.7 Å². The quantitative estimate of drug-likeness (QED) is 0.499. The Balaban J connectivity index is 1.48. The van der Waals surface area contributed by atoms with Crippen LogP contribution in [0.2, 0.25) is 0 Å². The molecular formula is C19H18N2O5. The predicted octanol–water partition coefficient (Wildman–Crippen LogP) is 1.22. The zero-order chi connectivity index (χ0) is 18.4. The Bertz CT molecular complexity index is 816. The monoisotopic (exact) mass is 354 g/mol. The van der Waals surface area contributed by atoms with E-state index in [0.29, 0.717) is 0 Å². The van der Waals surface area contributed by atoms with Crippen molar-refractivity contribution in [3.8, 4) is 0 Å². The molecule has 1 saturated carbocycles. The van der Waals surface area contributed by atoms with Gasteiger partial charge in [-0.15, -0.1) is 0 Å². The summed E-state index contributed by atoms with van der Waals surface area (Å²) in [6.45, 7) is -0.348. The number of likely N-dealkylation sites (tertiary alicyclic amines) is 1. The molecule has 134 valence electrons. The van der Waals surface area contributed by atoms with E-state index >= 15 is 0 Å². The lowest BCUT2D eigenvalue weighted by Crippen LogP contribution is -2.39. The molecule has 7 nitrogen and oxygen atoms in total. The predicted molar refractivity (Wildman–Crippen MR) is 90.8 cm³/mol. The number of hydrogen-bond acceptors (Lipinski definition) is 5. The van der Waals surface area contributed by atoms with Crippen LogP contribution in [0.4, 0.5) is 5.69 Å². The molecule has 1 heterocycles. The van der Waals surface area contributed by atoms with Crippen LogP contribution in [-0.2, 0) is 19.1 Å². The van der Waals surface area contributed by atoms with Gasteiger partial charge >= 0.3 is 5.97 Å². The number of fused-ring (bicyclic) bond motifs is 5. The highest BCUT2D eigenvalue weighted by molar-refractivity contribution is 6.10. The molecule has 1 aromatic rings. The first-order valence-electron chi connectivity index (χ1n) is 8.52. The number of amides is 3. The lowest BCUT2D eigenvalue weighted by Gasteiger charge is -2.17. The molecule has 2 bridgehead atoms. The lowest BCUT2D eigenvalue weighted by molar-refractivity contribution is -0.143. The van der Waals surface area contributed by atoms with E-state index in [-0.39, 0.29) is 53.3 Å². The molecule has 1 aromatic carbocycles. The molecular weight excluding hydrogens is 336 g/mol. The zero-order valence-electron chi connectivity index (χ0n) is 14.2. The summed E-state index contributed by atoms with van der Waals surface area (Å²) in [4.78, 5) is 50.5. The maximum absolute atomic E-state index is 12.6. The summed E-state index contributed by atoms with van der Waals surface area (Å²) in [7, 11) is 1.25. The molecule has 26 heavy (non-hydrogen) atoms. The fourth-order valence-electron chi connectivity index (χ4n) is 4.33. The van der Waals surface area contributed by atoms with Crippen LogP contribution in [0.3, 0.4) is 0 Å². The molecule has 0 aromatic heterocycles. The van der Waals surface area contributed by atoms with Crippen LogP contribution >= 0.6 is 0 Å². The average molecular weight is 354 g/mol. The third-order valence-electron chi connectivity index (χ3n) is 5.47. The first kappa shape index (κ1) is 16.5. The van der Waals surface area contributed by atoms with Crippen molar-refractivity contribution in [2.75, 3.05) is 19.0 Å². The van der Waals surface area contributed by atoms with Crippen molar-refractivity contribution in [1.82, 2.24) is 4.90 Å². The van der Waals surface area contributed by atoms with Crippen LogP contribution in [0.5, 0.6) is 0 Å². The highest BCUT2D eigenvalue weighted by atomic mass is 16.5. The van der Waals surface area contributed by atoms with Crippen LogP contribution in [0.1, 0.15) is 16.8 Å². The van der Waals surface area contributed by atoms with Gasteiger partial charge in [0.25, 0.3) is 0 Å². The van der Waals surface area contributed by atoms with E-state index in [1.54, 1.807) is 18.2 Å². The summed E-state index contributed by atoms with van der Waals surface area (Å²) in [5.41, 5.74) is 0.493. The van der Waals surface area contributed by atoms with Crippen molar-refractivity contribution < 1.29 is 23.9 Å². The number of nitrogens with zero attached hydrogens (tertiary/aromatic N) is 1. The summed E-state index contributed by atoms with van der Waals surface area (Å²) in [6, 6.07) is 6.42. The number of carbonyl (C=O) groups excluding carboxylic acids is 4. The van der Waals surface area contributed by atoms with E-state index in [4.69, 9.17) is 4.74 Å². The number of methoxy groups -OCH3 is 1. The van der Waals surface area contributed by atoms with E-state index in [0.717, 1.165) is 11.3 Å². The molecule has 0 unspecified atom stereocenters. The van der Waals surface area contributed by atoms with E-state index in [1.807, 2.05) is 12.2 Å². The molecule has 2 aliphatic carbocycles. The normalized spacial score (nSPS) is 28.4. The number of nitrogens with one attached hydrogen (secondary N) is 1. The van der Waals surface area contributed by atoms with Crippen LogP contribution in [-0.4, -0.2) is 42.2 Å². The number of ether oxygens (including phenoxy) is 1. The highest BCUT2D eigenvalue weighted by Gasteiger charge is 2.59.